The molecule has 124 valence electrons. The molecule has 1 aromatic carbocycles. The van der Waals surface area contributed by atoms with Crippen LogP contribution in [0, 0.1) is 6.92 Å². The molecule has 0 aliphatic rings. The normalized spacial score (nSPS) is 12.3. The molecule has 1 atom stereocenters. The molecule has 3 rings (SSSR count). The quantitative estimate of drug-likeness (QED) is 0.736. The highest BCUT2D eigenvalue weighted by atomic mass is 35.5. The lowest BCUT2D eigenvalue weighted by molar-refractivity contribution is -0.118. The van der Waals surface area contributed by atoms with Crippen LogP contribution < -0.4 is 10.9 Å². The van der Waals surface area contributed by atoms with E-state index in [1.54, 1.807) is 31.2 Å². The number of aromatic nitrogens is 2. The van der Waals surface area contributed by atoms with Crippen LogP contribution in [-0.4, -0.2) is 15.5 Å². The Morgan fingerprint density at radius 3 is 2.58 bits per heavy atom. The van der Waals surface area contributed by atoms with E-state index in [0.717, 1.165) is 4.88 Å². The molecule has 0 aliphatic carbocycles. The van der Waals surface area contributed by atoms with Crippen LogP contribution >= 0.6 is 34.5 Å². The number of hydrogen-bond acceptors (Lipinski definition) is 4. The monoisotopic (exact) mass is 381 g/mol. The van der Waals surface area contributed by atoms with Crippen LogP contribution in [0.5, 0.6) is 0 Å². The van der Waals surface area contributed by atoms with Gasteiger partial charge < -0.3 is 5.32 Å². The second-order valence-corrected chi connectivity index (χ2v) is 7.46. The van der Waals surface area contributed by atoms with E-state index in [2.05, 4.69) is 10.3 Å². The van der Waals surface area contributed by atoms with Gasteiger partial charge in [0.15, 0.2) is 0 Å². The summed E-state index contributed by atoms with van der Waals surface area (Å²) in [6.45, 7) is 3.55. The van der Waals surface area contributed by atoms with Crippen molar-refractivity contribution >= 4 is 56.3 Å². The number of nitrogens with zero attached hydrogens (tertiary/aromatic N) is 2. The molecule has 0 bridgehead atoms. The first-order valence-corrected chi connectivity index (χ1v) is 8.66. The van der Waals surface area contributed by atoms with E-state index < -0.39 is 6.04 Å². The number of rotatable bonds is 3. The molecular formula is C16H13Cl2N3O2S. The van der Waals surface area contributed by atoms with Gasteiger partial charge in [0, 0.05) is 20.6 Å². The Hall–Kier alpha value is -1.89. The van der Waals surface area contributed by atoms with Gasteiger partial charge in [0.05, 0.1) is 11.7 Å². The Labute approximate surface area is 151 Å². The van der Waals surface area contributed by atoms with Crippen molar-refractivity contribution in [3.8, 4) is 0 Å². The number of thiophene rings is 1. The molecule has 0 fully saturated rings. The fourth-order valence-corrected chi connectivity index (χ4v) is 3.70. The van der Waals surface area contributed by atoms with Crippen LogP contribution in [0.2, 0.25) is 10.0 Å². The predicted molar refractivity (Wildman–Crippen MR) is 98.4 cm³/mol. The number of aryl methyl sites for hydroxylation is 1. The Morgan fingerprint density at radius 1 is 1.25 bits per heavy atom. The van der Waals surface area contributed by atoms with E-state index in [4.69, 9.17) is 23.2 Å². The first kappa shape index (κ1) is 17.0. The van der Waals surface area contributed by atoms with Gasteiger partial charge in [-0.3, -0.25) is 14.2 Å². The molecule has 0 saturated carbocycles. The lowest BCUT2D eigenvalue weighted by atomic mass is 10.2. The zero-order chi connectivity index (χ0) is 17.4. The summed E-state index contributed by atoms with van der Waals surface area (Å²) in [7, 11) is 0. The Bertz CT molecular complexity index is 976. The Morgan fingerprint density at radius 2 is 1.92 bits per heavy atom. The van der Waals surface area contributed by atoms with Crippen molar-refractivity contribution in [3.63, 3.8) is 0 Å². The van der Waals surface area contributed by atoms with Crippen LogP contribution in [0.4, 0.5) is 5.69 Å². The van der Waals surface area contributed by atoms with E-state index in [-0.39, 0.29) is 11.5 Å². The molecule has 1 N–H and O–H groups in total. The summed E-state index contributed by atoms with van der Waals surface area (Å²) in [5.41, 5.74) is 0.231. The molecule has 0 unspecified atom stereocenters. The van der Waals surface area contributed by atoms with Crippen molar-refractivity contribution in [2.24, 2.45) is 0 Å². The molecular weight excluding hydrogens is 369 g/mol. The fraction of sp³-hybridized carbons (Fsp3) is 0.188. The first-order valence-electron chi connectivity index (χ1n) is 7.09. The van der Waals surface area contributed by atoms with Gasteiger partial charge in [-0.1, -0.05) is 23.2 Å². The SMILES string of the molecule is Cc1cc2c(=O)n([C@H](C)C(=O)Nc3cc(Cl)cc(Cl)c3)cnc2s1. The van der Waals surface area contributed by atoms with Crippen molar-refractivity contribution in [1.29, 1.82) is 0 Å². The van der Waals surface area contributed by atoms with Crippen molar-refractivity contribution < 1.29 is 4.79 Å². The summed E-state index contributed by atoms with van der Waals surface area (Å²) in [4.78, 5) is 30.9. The summed E-state index contributed by atoms with van der Waals surface area (Å²) < 4.78 is 1.32. The summed E-state index contributed by atoms with van der Waals surface area (Å²) >= 11 is 13.3. The second-order valence-electron chi connectivity index (χ2n) is 5.36. The number of benzene rings is 1. The smallest absolute Gasteiger partial charge is 0.262 e. The topological polar surface area (TPSA) is 64.0 Å². The lowest BCUT2D eigenvalue weighted by Gasteiger charge is -2.15. The molecule has 1 amide bonds. The van der Waals surface area contributed by atoms with E-state index >= 15 is 0 Å². The highest BCUT2D eigenvalue weighted by molar-refractivity contribution is 7.18. The van der Waals surface area contributed by atoms with Gasteiger partial charge in [0.1, 0.15) is 10.9 Å². The molecule has 5 nitrogen and oxygen atoms in total. The number of amides is 1. The molecule has 0 radical (unpaired) electrons. The van der Waals surface area contributed by atoms with Crippen molar-refractivity contribution in [3.05, 3.63) is 55.9 Å². The molecule has 2 heterocycles. The number of nitrogens with one attached hydrogen (secondary N) is 1. The average Bonchev–Trinajstić information content (AvgIpc) is 2.87. The standard InChI is InChI=1S/C16H13Cl2N3O2S/c1-8-3-13-15(24-8)19-7-21(16(13)23)9(2)14(22)20-12-5-10(17)4-11(18)6-12/h3-7,9H,1-2H3,(H,20,22)/t9-/m1/s1. The van der Waals surface area contributed by atoms with Crippen LogP contribution in [0.3, 0.4) is 0 Å². The number of carbonyl (C=O) groups is 1. The summed E-state index contributed by atoms with van der Waals surface area (Å²) in [5, 5.41) is 4.06. The first-order chi connectivity index (χ1) is 11.3. The van der Waals surface area contributed by atoms with Crippen LogP contribution in [0.25, 0.3) is 10.2 Å². The fourth-order valence-electron chi connectivity index (χ4n) is 2.33. The van der Waals surface area contributed by atoms with Crippen LogP contribution in [0.15, 0.2) is 35.4 Å². The number of anilines is 1. The summed E-state index contributed by atoms with van der Waals surface area (Å²) in [5.74, 6) is -0.358. The third kappa shape index (κ3) is 3.31. The van der Waals surface area contributed by atoms with Crippen molar-refractivity contribution in [1.82, 2.24) is 9.55 Å². The van der Waals surface area contributed by atoms with E-state index in [0.29, 0.717) is 25.9 Å². The number of halogens is 2. The average molecular weight is 382 g/mol. The second kappa shape index (κ2) is 6.55. The molecule has 8 heteroatoms. The largest absolute Gasteiger partial charge is 0.324 e. The maximum atomic E-state index is 12.6. The van der Waals surface area contributed by atoms with Gasteiger partial charge in [0.25, 0.3) is 5.56 Å². The Balaban J connectivity index is 1.90. The minimum absolute atomic E-state index is 0.240. The Kier molecular flexibility index (Phi) is 4.62. The lowest BCUT2D eigenvalue weighted by Crippen LogP contribution is -2.31. The van der Waals surface area contributed by atoms with Crippen molar-refractivity contribution in [2.75, 3.05) is 5.32 Å². The number of hydrogen-bond donors (Lipinski definition) is 1. The summed E-state index contributed by atoms with van der Waals surface area (Å²) in [6, 6.07) is 5.80. The van der Waals surface area contributed by atoms with Gasteiger partial charge in [-0.15, -0.1) is 11.3 Å². The minimum atomic E-state index is -0.729. The molecule has 0 spiro atoms. The van der Waals surface area contributed by atoms with Gasteiger partial charge in [-0.05, 0) is 38.1 Å². The number of carbonyl (C=O) groups excluding carboxylic acids is 1. The van der Waals surface area contributed by atoms with E-state index in [1.165, 1.54) is 22.2 Å². The minimum Gasteiger partial charge on any atom is -0.324 e. The molecule has 2 aromatic heterocycles. The van der Waals surface area contributed by atoms with Gasteiger partial charge in [-0.2, -0.15) is 0 Å². The summed E-state index contributed by atoms with van der Waals surface area (Å²) in [6.07, 6.45) is 1.40. The van der Waals surface area contributed by atoms with Gasteiger partial charge in [-0.25, -0.2) is 4.98 Å². The maximum Gasteiger partial charge on any atom is 0.262 e. The number of fused-ring (bicyclic) bond motifs is 1. The third-order valence-electron chi connectivity index (χ3n) is 3.53. The molecule has 24 heavy (non-hydrogen) atoms. The van der Waals surface area contributed by atoms with Gasteiger partial charge in [0.2, 0.25) is 5.91 Å². The molecule has 0 saturated heterocycles. The van der Waals surface area contributed by atoms with Crippen LogP contribution in [-0.2, 0) is 4.79 Å². The maximum absolute atomic E-state index is 12.6. The predicted octanol–water partition coefficient (Wildman–Crippen LogP) is 4.27. The molecule has 3 aromatic rings. The van der Waals surface area contributed by atoms with E-state index in [1.807, 2.05) is 6.92 Å². The van der Waals surface area contributed by atoms with E-state index in [9.17, 15) is 9.59 Å². The third-order valence-corrected chi connectivity index (χ3v) is 4.92. The van der Waals surface area contributed by atoms with Gasteiger partial charge >= 0.3 is 0 Å². The zero-order valence-electron chi connectivity index (χ0n) is 12.8. The highest BCUT2D eigenvalue weighted by Gasteiger charge is 2.19. The zero-order valence-corrected chi connectivity index (χ0v) is 15.2. The van der Waals surface area contributed by atoms with Crippen molar-refractivity contribution in [2.45, 2.75) is 19.9 Å². The van der Waals surface area contributed by atoms with Crippen LogP contribution in [0.1, 0.15) is 17.8 Å². The highest BCUT2D eigenvalue weighted by Crippen LogP contribution is 2.24. The molecule has 0 aliphatic heterocycles.